The third kappa shape index (κ3) is 6.44. The van der Waals surface area contributed by atoms with Gasteiger partial charge >= 0.3 is 12.0 Å². The van der Waals surface area contributed by atoms with Gasteiger partial charge in [-0.2, -0.15) is 4.99 Å². The second-order valence-corrected chi connectivity index (χ2v) is 10.2. The molecule has 1 fully saturated rings. The molecule has 1 N–H and O–H groups in total. The Morgan fingerprint density at radius 1 is 1.00 bits per heavy atom. The quantitative estimate of drug-likeness (QED) is 0.286. The number of likely N-dealkylation sites (N-methyl/N-ethyl adjacent to an activating group) is 1. The van der Waals surface area contributed by atoms with E-state index in [2.05, 4.69) is 9.98 Å². The molecule has 1 atom stereocenters. The smallest absolute Gasteiger partial charge is 0.418 e. The first-order valence-corrected chi connectivity index (χ1v) is 13.7. The fraction of sp³-hybridized carbons (Fsp3) is 0.161. The number of methoxy groups -OCH3 is 1. The van der Waals surface area contributed by atoms with Gasteiger partial charge in [-0.1, -0.05) is 54.6 Å². The lowest BCUT2D eigenvalue weighted by atomic mass is 10.0. The number of carbonyl (C=O) groups is 2. The van der Waals surface area contributed by atoms with E-state index in [-0.39, 0.29) is 11.0 Å². The summed E-state index contributed by atoms with van der Waals surface area (Å²) in [5.41, 5.74) is 3.29. The van der Waals surface area contributed by atoms with E-state index in [9.17, 15) is 14.7 Å². The number of amides is 2. The lowest BCUT2D eigenvalue weighted by Crippen LogP contribution is -2.36. The molecule has 1 unspecified atom stereocenters. The first kappa shape index (κ1) is 27.6. The van der Waals surface area contributed by atoms with Crippen LogP contribution < -0.4 is 9.47 Å². The first-order valence-electron chi connectivity index (χ1n) is 12.8. The van der Waals surface area contributed by atoms with Gasteiger partial charge in [0.1, 0.15) is 18.1 Å². The average molecular weight is 569 g/mol. The van der Waals surface area contributed by atoms with E-state index in [1.807, 2.05) is 66.7 Å². The van der Waals surface area contributed by atoms with Crippen molar-refractivity contribution in [2.24, 2.45) is 4.99 Å². The SMILES string of the molecule is COc1ccc(/C=C2/C(Cc3ccc(OCc4ccccc4)cc3)N(C)/C(=N\C(=O)c3nccs3)N2C(=O)O)cc1. The summed E-state index contributed by atoms with van der Waals surface area (Å²) in [5.74, 6) is 0.839. The van der Waals surface area contributed by atoms with Gasteiger partial charge in [0, 0.05) is 18.6 Å². The summed E-state index contributed by atoms with van der Waals surface area (Å²) in [6.07, 6.45) is 2.53. The van der Waals surface area contributed by atoms with E-state index in [0.717, 1.165) is 38.7 Å². The summed E-state index contributed by atoms with van der Waals surface area (Å²) in [6.45, 7) is 0.459. The summed E-state index contributed by atoms with van der Waals surface area (Å²) >= 11 is 1.15. The predicted molar refractivity (Wildman–Crippen MR) is 157 cm³/mol. The molecule has 2 amide bonds. The molecular formula is C31H28N4O5S. The van der Waals surface area contributed by atoms with E-state index >= 15 is 0 Å². The van der Waals surface area contributed by atoms with Gasteiger partial charge in [-0.3, -0.25) is 4.79 Å². The lowest BCUT2D eigenvalue weighted by Gasteiger charge is -2.20. The molecule has 208 valence electrons. The molecule has 0 radical (unpaired) electrons. The highest BCUT2D eigenvalue weighted by Crippen LogP contribution is 2.31. The number of ether oxygens (including phenoxy) is 2. The van der Waals surface area contributed by atoms with Crippen molar-refractivity contribution in [1.82, 2.24) is 14.8 Å². The number of carboxylic acid groups (broad SMARTS) is 1. The largest absolute Gasteiger partial charge is 0.497 e. The number of nitrogens with zero attached hydrogens (tertiary/aromatic N) is 4. The van der Waals surface area contributed by atoms with Crippen LogP contribution in [-0.4, -0.2) is 58.0 Å². The molecule has 9 nitrogen and oxygen atoms in total. The van der Waals surface area contributed by atoms with Crippen molar-refractivity contribution < 1.29 is 24.2 Å². The van der Waals surface area contributed by atoms with Crippen LogP contribution in [0.4, 0.5) is 4.79 Å². The van der Waals surface area contributed by atoms with Crippen molar-refractivity contribution in [3.05, 3.63) is 118 Å². The van der Waals surface area contributed by atoms with Crippen LogP contribution in [0.5, 0.6) is 11.5 Å². The third-order valence-corrected chi connectivity index (χ3v) is 7.38. The maximum absolute atomic E-state index is 12.8. The molecule has 0 bridgehead atoms. The van der Waals surface area contributed by atoms with E-state index in [0.29, 0.717) is 24.5 Å². The Labute approximate surface area is 241 Å². The Bertz CT molecular complexity index is 1550. The Balaban J connectivity index is 1.45. The Hall–Kier alpha value is -4.96. The van der Waals surface area contributed by atoms with Crippen LogP contribution in [0, 0.1) is 0 Å². The standard InChI is InChI=1S/C31H28N4O5S/c1-34-26(18-21-10-14-25(15-11-21)40-20-23-6-4-3-5-7-23)27(19-22-8-12-24(39-2)13-9-22)35(31(37)38)30(34)33-28(36)29-32-16-17-41-29/h3-17,19,26H,18,20H2,1-2H3,(H,37,38)/b27-19-,33-30+. The van der Waals surface area contributed by atoms with Crippen LogP contribution in [0.25, 0.3) is 6.08 Å². The molecule has 0 saturated carbocycles. The number of hydrogen-bond acceptors (Lipinski definition) is 6. The zero-order valence-corrected chi connectivity index (χ0v) is 23.3. The second kappa shape index (κ2) is 12.5. The number of carbonyl (C=O) groups excluding carboxylic acids is 1. The fourth-order valence-electron chi connectivity index (χ4n) is 4.51. The minimum Gasteiger partial charge on any atom is -0.497 e. The van der Waals surface area contributed by atoms with Crippen molar-refractivity contribution in [1.29, 1.82) is 0 Å². The van der Waals surface area contributed by atoms with Crippen molar-refractivity contribution in [2.45, 2.75) is 19.1 Å². The fourth-order valence-corrected chi connectivity index (χ4v) is 5.03. The van der Waals surface area contributed by atoms with Gasteiger partial charge in [-0.25, -0.2) is 14.7 Å². The minimum absolute atomic E-state index is 0.0188. The van der Waals surface area contributed by atoms with E-state index < -0.39 is 18.0 Å². The van der Waals surface area contributed by atoms with Crippen molar-refractivity contribution >= 4 is 35.4 Å². The van der Waals surface area contributed by atoms with Crippen LogP contribution in [0.3, 0.4) is 0 Å². The Morgan fingerprint density at radius 2 is 1.71 bits per heavy atom. The molecule has 41 heavy (non-hydrogen) atoms. The van der Waals surface area contributed by atoms with Gasteiger partial charge in [-0.05, 0) is 53.5 Å². The van der Waals surface area contributed by atoms with Gasteiger partial charge in [0.15, 0.2) is 5.01 Å². The molecule has 0 aliphatic carbocycles. The Morgan fingerprint density at radius 3 is 2.34 bits per heavy atom. The van der Waals surface area contributed by atoms with Crippen molar-refractivity contribution in [3.8, 4) is 11.5 Å². The van der Waals surface area contributed by atoms with Gasteiger partial charge in [0.05, 0.1) is 18.8 Å². The number of guanidine groups is 1. The van der Waals surface area contributed by atoms with E-state index in [1.54, 1.807) is 42.6 Å². The first-order chi connectivity index (χ1) is 19.9. The van der Waals surface area contributed by atoms with Crippen LogP contribution >= 0.6 is 11.3 Å². The van der Waals surface area contributed by atoms with Gasteiger partial charge in [0.25, 0.3) is 0 Å². The number of thiazole rings is 1. The highest BCUT2D eigenvalue weighted by Gasteiger charge is 2.42. The van der Waals surface area contributed by atoms with Gasteiger partial charge < -0.3 is 19.5 Å². The van der Waals surface area contributed by atoms with Crippen LogP contribution in [-0.2, 0) is 13.0 Å². The molecule has 5 rings (SSSR count). The van der Waals surface area contributed by atoms with Crippen LogP contribution in [0.1, 0.15) is 26.5 Å². The molecule has 2 heterocycles. The maximum Gasteiger partial charge on any atom is 0.418 e. The normalized spacial score (nSPS) is 16.8. The number of hydrogen-bond donors (Lipinski definition) is 1. The minimum atomic E-state index is -1.24. The maximum atomic E-state index is 12.8. The van der Waals surface area contributed by atoms with Crippen LogP contribution in [0.2, 0.25) is 0 Å². The molecule has 1 aliphatic rings. The summed E-state index contributed by atoms with van der Waals surface area (Å²) in [6, 6.07) is 24.5. The topological polar surface area (TPSA) is 105 Å². The number of benzene rings is 3. The summed E-state index contributed by atoms with van der Waals surface area (Å²) in [4.78, 5) is 36.4. The highest BCUT2D eigenvalue weighted by molar-refractivity contribution is 7.11. The summed E-state index contributed by atoms with van der Waals surface area (Å²) < 4.78 is 11.2. The molecule has 0 spiro atoms. The average Bonchev–Trinajstić information content (AvgIpc) is 3.62. The third-order valence-electron chi connectivity index (χ3n) is 6.62. The molecule has 4 aromatic rings. The Kier molecular flexibility index (Phi) is 8.40. The summed E-state index contributed by atoms with van der Waals surface area (Å²) in [7, 11) is 3.32. The van der Waals surface area contributed by atoms with Crippen molar-refractivity contribution in [3.63, 3.8) is 0 Å². The second-order valence-electron chi connectivity index (χ2n) is 9.26. The molecule has 10 heteroatoms. The number of aromatic nitrogens is 1. The summed E-state index contributed by atoms with van der Waals surface area (Å²) in [5, 5.41) is 12.1. The predicted octanol–water partition coefficient (Wildman–Crippen LogP) is 5.80. The lowest BCUT2D eigenvalue weighted by molar-refractivity contribution is 0.1000. The molecule has 3 aromatic carbocycles. The van der Waals surface area contributed by atoms with Crippen LogP contribution in [0.15, 0.2) is 101 Å². The van der Waals surface area contributed by atoms with Crippen molar-refractivity contribution in [2.75, 3.05) is 14.2 Å². The van der Waals surface area contributed by atoms with E-state index in [1.165, 1.54) is 6.20 Å². The number of aliphatic imine (C=N–C) groups is 1. The number of rotatable bonds is 8. The van der Waals surface area contributed by atoms with E-state index in [4.69, 9.17) is 9.47 Å². The monoisotopic (exact) mass is 568 g/mol. The highest BCUT2D eigenvalue weighted by atomic mass is 32.1. The molecule has 1 aliphatic heterocycles. The zero-order valence-electron chi connectivity index (χ0n) is 22.5. The molecular weight excluding hydrogens is 540 g/mol. The molecule has 1 saturated heterocycles. The zero-order chi connectivity index (χ0) is 28.8. The van der Waals surface area contributed by atoms with Gasteiger partial charge in [0.2, 0.25) is 5.96 Å². The molecule has 1 aromatic heterocycles. The van der Waals surface area contributed by atoms with Gasteiger partial charge in [-0.15, -0.1) is 11.3 Å².